The van der Waals surface area contributed by atoms with Gasteiger partial charge in [-0.25, -0.2) is 0 Å². The maximum atomic E-state index is 12.3. The average Bonchev–Trinajstić information content (AvgIpc) is 2.87. The van der Waals surface area contributed by atoms with E-state index in [4.69, 9.17) is 23.8 Å². The van der Waals surface area contributed by atoms with E-state index in [1.165, 1.54) is 0 Å². The van der Waals surface area contributed by atoms with Crippen molar-refractivity contribution in [1.82, 2.24) is 10.2 Å². The summed E-state index contributed by atoms with van der Waals surface area (Å²) >= 11 is 11.2. The summed E-state index contributed by atoms with van der Waals surface area (Å²) in [7, 11) is 0. The number of carbonyl (C=O) groups excluding carboxylic acids is 3. The van der Waals surface area contributed by atoms with Crippen LogP contribution in [0.1, 0.15) is 32.7 Å². The molecule has 0 saturated carbocycles. The third-order valence-electron chi connectivity index (χ3n) is 4.12. The van der Waals surface area contributed by atoms with Gasteiger partial charge in [-0.15, -0.1) is 0 Å². The molecule has 27 heavy (non-hydrogen) atoms. The van der Waals surface area contributed by atoms with Gasteiger partial charge in [0, 0.05) is 23.7 Å². The van der Waals surface area contributed by atoms with Gasteiger partial charge in [-0.05, 0) is 49.0 Å². The molecule has 2 N–H and O–H groups in total. The largest absolute Gasteiger partial charge is 0.332 e. The lowest BCUT2D eigenvalue weighted by Crippen LogP contribution is -2.38. The fourth-order valence-electron chi connectivity index (χ4n) is 2.68. The van der Waals surface area contributed by atoms with Crippen molar-refractivity contribution in [3.05, 3.63) is 64.2 Å². The van der Waals surface area contributed by atoms with E-state index in [1.54, 1.807) is 36.4 Å². The summed E-state index contributed by atoms with van der Waals surface area (Å²) in [6.07, 6.45) is -0.0536. The van der Waals surface area contributed by atoms with E-state index < -0.39 is 17.7 Å². The van der Waals surface area contributed by atoms with E-state index >= 15 is 0 Å². The summed E-state index contributed by atoms with van der Waals surface area (Å²) in [5.74, 6) is -1.18. The topological polar surface area (TPSA) is 78.5 Å². The molecule has 0 bridgehead atoms. The number of hydrogen-bond acceptors (Lipinski definition) is 4. The number of imide groups is 1. The monoisotopic (exact) mass is 401 g/mol. The highest BCUT2D eigenvalue weighted by Gasteiger charge is 2.34. The second kappa shape index (κ2) is 7.85. The highest BCUT2D eigenvalue weighted by atomic mass is 35.5. The molecule has 0 unspecified atom stereocenters. The van der Waals surface area contributed by atoms with Crippen LogP contribution in [-0.2, 0) is 4.79 Å². The maximum Gasteiger partial charge on any atom is 0.261 e. The molecule has 8 heteroatoms. The predicted molar refractivity (Wildman–Crippen MR) is 107 cm³/mol. The van der Waals surface area contributed by atoms with Gasteiger partial charge in [0.1, 0.15) is 0 Å². The summed E-state index contributed by atoms with van der Waals surface area (Å²) in [6, 6.07) is 11.9. The van der Waals surface area contributed by atoms with E-state index in [9.17, 15) is 14.4 Å². The quantitative estimate of drug-likeness (QED) is 0.607. The molecule has 6 nitrogen and oxygen atoms in total. The number of fused-ring (bicyclic) bond motifs is 1. The lowest BCUT2D eigenvalue weighted by atomic mass is 10.1. The Bertz CT molecular complexity index is 926. The minimum Gasteiger partial charge on any atom is -0.332 e. The molecule has 2 aromatic rings. The fraction of sp³-hybridized carbons (Fsp3) is 0.158. The van der Waals surface area contributed by atoms with E-state index in [1.807, 2.05) is 13.0 Å². The van der Waals surface area contributed by atoms with Gasteiger partial charge < -0.3 is 10.6 Å². The number of rotatable bonds is 4. The lowest BCUT2D eigenvalue weighted by molar-refractivity contribution is -0.119. The molecule has 3 rings (SSSR count). The minimum absolute atomic E-state index is 0.0167. The summed E-state index contributed by atoms with van der Waals surface area (Å²) in [4.78, 5) is 37.7. The van der Waals surface area contributed by atoms with Gasteiger partial charge in [-0.1, -0.05) is 29.8 Å². The standard InChI is InChI=1S/C19H16ClN3O3S/c1-11-6-7-12(10-15(11)20)21-19(27)22-16(24)8-9-23-17(25)13-4-2-3-5-14(13)18(23)26/h2-7,10H,8-9H2,1H3,(H2,21,22,24,27). The summed E-state index contributed by atoms with van der Waals surface area (Å²) in [5, 5.41) is 6.09. The molecule has 1 aliphatic heterocycles. The Kier molecular flexibility index (Phi) is 5.53. The minimum atomic E-state index is -0.401. The van der Waals surface area contributed by atoms with Gasteiger partial charge >= 0.3 is 0 Å². The number of aryl methyl sites for hydroxylation is 1. The van der Waals surface area contributed by atoms with Crippen molar-refractivity contribution < 1.29 is 14.4 Å². The molecule has 0 radical (unpaired) electrons. The van der Waals surface area contributed by atoms with Crippen molar-refractivity contribution in [2.45, 2.75) is 13.3 Å². The van der Waals surface area contributed by atoms with Crippen LogP contribution >= 0.6 is 23.8 Å². The Labute approximate surface area is 166 Å². The smallest absolute Gasteiger partial charge is 0.261 e. The molecule has 0 saturated heterocycles. The second-order valence-corrected chi connectivity index (χ2v) is 6.84. The third-order valence-corrected chi connectivity index (χ3v) is 4.73. The third kappa shape index (κ3) is 4.15. The van der Waals surface area contributed by atoms with Gasteiger partial charge in [0.15, 0.2) is 5.11 Å². The first-order valence-corrected chi connectivity index (χ1v) is 8.97. The van der Waals surface area contributed by atoms with Crippen molar-refractivity contribution in [1.29, 1.82) is 0 Å². The summed E-state index contributed by atoms with van der Waals surface area (Å²) in [5.41, 5.74) is 2.29. The van der Waals surface area contributed by atoms with Crippen molar-refractivity contribution in [3.8, 4) is 0 Å². The highest BCUT2D eigenvalue weighted by molar-refractivity contribution is 7.80. The van der Waals surface area contributed by atoms with Crippen LogP contribution in [0.25, 0.3) is 0 Å². The Morgan fingerprint density at radius 3 is 2.33 bits per heavy atom. The molecule has 0 fully saturated rings. The molecule has 0 aromatic heterocycles. The number of amides is 3. The van der Waals surface area contributed by atoms with Gasteiger partial charge in [0.2, 0.25) is 5.91 Å². The summed E-state index contributed by atoms with van der Waals surface area (Å²) < 4.78 is 0. The number of hydrogen-bond donors (Lipinski definition) is 2. The SMILES string of the molecule is Cc1ccc(NC(=S)NC(=O)CCN2C(=O)c3ccccc3C2=O)cc1Cl. The van der Waals surface area contributed by atoms with Crippen LogP contribution in [0, 0.1) is 6.92 Å². The van der Waals surface area contributed by atoms with Crippen molar-refractivity contribution in [2.24, 2.45) is 0 Å². The zero-order valence-corrected chi connectivity index (χ0v) is 16.0. The normalized spacial score (nSPS) is 12.7. The van der Waals surface area contributed by atoms with Crippen molar-refractivity contribution in [3.63, 3.8) is 0 Å². The van der Waals surface area contributed by atoms with Gasteiger partial charge in [0.05, 0.1) is 11.1 Å². The van der Waals surface area contributed by atoms with E-state index in [0.29, 0.717) is 21.8 Å². The Hall–Kier alpha value is -2.77. The maximum absolute atomic E-state index is 12.3. The van der Waals surface area contributed by atoms with E-state index in [0.717, 1.165) is 10.5 Å². The first-order valence-electron chi connectivity index (χ1n) is 8.19. The first kappa shape index (κ1) is 19.0. The van der Waals surface area contributed by atoms with E-state index in [-0.39, 0.29) is 18.1 Å². The van der Waals surface area contributed by atoms with Crippen molar-refractivity contribution >= 4 is 52.3 Å². The molecule has 0 aliphatic carbocycles. The zero-order valence-electron chi connectivity index (χ0n) is 14.4. The lowest BCUT2D eigenvalue weighted by Gasteiger charge is -2.14. The zero-order chi connectivity index (χ0) is 19.6. The van der Waals surface area contributed by atoms with Crippen LogP contribution in [0.5, 0.6) is 0 Å². The highest BCUT2D eigenvalue weighted by Crippen LogP contribution is 2.22. The van der Waals surface area contributed by atoms with E-state index in [2.05, 4.69) is 10.6 Å². The molecule has 2 aromatic carbocycles. The van der Waals surface area contributed by atoms with Crippen LogP contribution in [0.4, 0.5) is 5.69 Å². The van der Waals surface area contributed by atoms with Gasteiger partial charge in [-0.3, -0.25) is 19.3 Å². The molecule has 1 aliphatic rings. The number of anilines is 1. The Morgan fingerprint density at radius 1 is 1.11 bits per heavy atom. The number of halogens is 1. The molecule has 0 spiro atoms. The number of carbonyl (C=O) groups is 3. The van der Waals surface area contributed by atoms with Crippen LogP contribution in [0.2, 0.25) is 5.02 Å². The molecule has 0 atom stereocenters. The second-order valence-electron chi connectivity index (χ2n) is 6.02. The molecule has 1 heterocycles. The van der Waals surface area contributed by atoms with Crippen LogP contribution in [-0.4, -0.2) is 34.3 Å². The molecule has 138 valence electrons. The van der Waals surface area contributed by atoms with Crippen LogP contribution < -0.4 is 10.6 Å². The summed E-state index contributed by atoms with van der Waals surface area (Å²) in [6.45, 7) is 1.86. The first-order chi connectivity index (χ1) is 12.9. The fourth-order valence-corrected chi connectivity index (χ4v) is 3.09. The Morgan fingerprint density at radius 2 is 1.74 bits per heavy atom. The van der Waals surface area contributed by atoms with Crippen molar-refractivity contribution in [2.75, 3.05) is 11.9 Å². The molecule has 3 amide bonds. The van der Waals surface area contributed by atoms with Crippen LogP contribution in [0.15, 0.2) is 42.5 Å². The number of thiocarbonyl (C=S) groups is 1. The molecular weight excluding hydrogens is 386 g/mol. The molecular formula is C19H16ClN3O3S. The number of benzene rings is 2. The predicted octanol–water partition coefficient (Wildman–Crippen LogP) is 3.15. The van der Waals surface area contributed by atoms with Gasteiger partial charge in [-0.2, -0.15) is 0 Å². The number of nitrogens with zero attached hydrogens (tertiary/aromatic N) is 1. The number of nitrogens with one attached hydrogen (secondary N) is 2. The van der Waals surface area contributed by atoms with Crippen LogP contribution in [0.3, 0.4) is 0 Å². The Balaban J connectivity index is 1.53. The average molecular weight is 402 g/mol. The van der Waals surface area contributed by atoms with Gasteiger partial charge in [0.25, 0.3) is 11.8 Å².